The van der Waals surface area contributed by atoms with E-state index in [9.17, 15) is 13.2 Å². The van der Waals surface area contributed by atoms with Crippen molar-refractivity contribution in [2.24, 2.45) is 17.3 Å². The fourth-order valence-corrected chi connectivity index (χ4v) is 2.49. The lowest BCUT2D eigenvalue weighted by molar-refractivity contribution is -0.170. The fourth-order valence-electron chi connectivity index (χ4n) is 2.10. The number of alkyl halides is 3. The molecular weight excluding hydrogens is 232 g/mol. The fraction of sp³-hybridized carbons (Fsp3) is 1.00. The SMILES string of the molecule is CC([C@H](P)CCC(C)(C)C1CC1)C(F)(F)F. The lowest BCUT2D eigenvalue weighted by Crippen LogP contribution is -2.29. The van der Waals surface area contributed by atoms with Crippen LogP contribution in [0, 0.1) is 17.3 Å². The normalized spacial score (nSPS) is 21.9. The van der Waals surface area contributed by atoms with Crippen LogP contribution in [-0.2, 0) is 0 Å². The molecule has 0 saturated heterocycles. The van der Waals surface area contributed by atoms with Crippen LogP contribution < -0.4 is 0 Å². The molecule has 0 aromatic carbocycles. The highest BCUT2D eigenvalue weighted by Gasteiger charge is 2.41. The van der Waals surface area contributed by atoms with Gasteiger partial charge >= 0.3 is 6.18 Å². The predicted octanol–water partition coefficient (Wildman–Crippen LogP) is 4.64. The van der Waals surface area contributed by atoms with E-state index < -0.39 is 12.1 Å². The minimum absolute atomic E-state index is 0.222. The van der Waals surface area contributed by atoms with E-state index in [2.05, 4.69) is 23.1 Å². The zero-order valence-corrected chi connectivity index (χ0v) is 11.4. The Kier molecular flexibility index (Phi) is 4.32. The lowest BCUT2D eigenvalue weighted by atomic mass is 9.81. The monoisotopic (exact) mass is 254 g/mol. The third-order valence-corrected chi connectivity index (χ3v) is 4.87. The van der Waals surface area contributed by atoms with Gasteiger partial charge in [0, 0.05) is 0 Å². The van der Waals surface area contributed by atoms with Crippen molar-refractivity contribution in [3.63, 3.8) is 0 Å². The molecule has 0 heterocycles. The maximum atomic E-state index is 12.5. The van der Waals surface area contributed by atoms with Crippen LogP contribution in [0.3, 0.4) is 0 Å². The Morgan fingerprint density at radius 3 is 2.12 bits per heavy atom. The Morgan fingerprint density at radius 1 is 1.25 bits per heavy atom. The summed E-state index contributed by atoms with van der Waals surface area (Å²) >= 11 is 0. The van der Waals surface area contributed by atoms with Gasteiger partial charge in [-0.3, -0.25) is 0 Å². The zero-order valence-electron chi connectivity index (χ0n) is 10.3. The summed E-state index contributed by atoms with van der Waals surface area (Å²) in [4.78, 5) is 0. The minimum Gasteiger partial charge on any atom is -0.171 e. The minimum atomic E-state index is -4.06. The second-order valence-electron chi connectivity index (χ2n) is 5.80. The van der Waals surface area contributed by atoms with Gasteiger partial charge in [-0.1, -0.05) is 20.8 Å². The van der Waals surface area contributed by atoms with Crippen LogP contribution in [0.4, 0.5) is 13.2 Å². The summed E-state index contributed by atoms with van der Waals surface area (Å²) in [6, 6.07) is 0. The Morgan fingerprint density at radius 2 is 1.75 bits per heavy atom. The molecule has 1 fully saturated rings. The average molecular weight is 254 g/mol. The van der Waals surface area contributed by atoms with Gasteiger partial charge in [-0.25, -0.2) is 0 Å². The molecule has 0 aromatic heterocycles. The van der Waals surface area contributed by atoms with Crippen molar-refractivity contribution in [3.8, 4) is 0 Å². The molecule has 1 aliphatic rings. The molecule has 1 rings (SSSR count). The first-order chi connectivity index (χ1) is 7.14. The average Bonchev–Trinajstić information content (AvgIpc) is 2.94. The van der Waals surface area contributed by atoms with Gasteiger partial charge in [0.1, 0.15) is 0 Å². The first-order valence-corrected chi connectivity index (χ1v) is 6.63. The molecule has 0 radical (unpaired) electrons. The summed E-state index contributed by atoms with van der Waals surface area (Å²) < 4.78 is 37.4. The molecule has 3 atom stereocenters. The van der Waals surface area contributed by atoms with Crippen LogP contribution in [-0.4, -0.2) is 11.8 Å². The summed E-state index contributed by atoms with van der Waals surface area (Å²) in [5.41, 5.74) is -0.127. The number of halogens is 3. The number of hydrogen-bond acceptors (Lipinski definition) is 0. The first kappa shape index (κ1) is 14.3. The van der Waals surface area contributed by atoms with Gasteiger partial charge in [0.05, 0.1) is 5.92 Å². The molecule has 0 amide bonds. The van der Waals surface area contributed by atoms with E-state index in [1.807, 2.05) is 0 Å². The van der Waals surface area contributed by atoms with Crippen molar-refractivity contribution < 1.29 is 13.2 Å². The van der Waals surface area contributed by atoms with Crippen molar-refractivity contribution in [1.82, 2.24) is 0 Å². The molecule has 0 N–H and O–H groups in total. The lowest BCUT2D eigenvalue weighted by Gasteiger charge is -2.28. The summed E-state index contributed by atoms with van der Waals surface area (Å²) in [5.74, 6) is -0.474. The van der Waals surface area contributed by atoms with Gasteiger partial charge in [-0.15, -0.1) is 9.24 Å². The van der Waals surface area contributed by atoms with Gasteiger partial charge in [0.25, 0.3) is 0 Å². The highest BCUT2D eigenvalue weighted by atomic mass is 31.0. The van der Waals surface area contributed by atoms with Crippen LogP contribution in [0.5, 0.6) is 0 Å². The summed E-state index contributed by atoms with van der Waals surface area (Å²) in [7, 11) is 2.37. The largest absolute Gasteiger partial charge is 0.392 e. The standard InChI is InChI=1S/C12H22F3P/c1-8(12(13,14)15)10(16)6-7-11(2,3)9-4-5-9/h8-10H,4-7,16H2,1-3H3/t8?,10-/m1/s1. The smallest absolute Gasteiger partial charge is 0.171 e. The molecule has 0 aromatic rings. The van der Waals surface area contributed by atoms with Crippen molar-refractivity contribution in [1.29, 1.82) is 0 Å². The summed E-state index contributed by atoms with van der Waals surface area (Å²) in [6.45, 7) is 5.64. The van der Waals surface area contributed by atoms with Gasteiger partial charge < -0.3 is 0 Å². The maximum Gasteiger partial charge on any atom is 0.392 e. The first-order valence-electron chi connectivity index (χ1n) is 5.97. The molecule has 4 heteroatoms. The summed E-state index contributed by atoms with van der Waals surface area (Å²) in [6.07, 6.45) is -0.00999. The molecule has 2 unspecified atom stereocenters. The Balaban J connectivity index is 2.37. The van der Waals surface area contributed by atoms with Crippen molar-refractivity contribution in [2.75, 3.05) is 0 Å². The predicted molar refractivity (Wildman–Crippen MR) is 64.5 cm³/mol. The second kappa shape index (κ2) is 4.84. The molecule has 0 aliphatic heterocycles. The quantitative estimate of drug-likeness (QED) is 0.627. The van der Waals surface area contributed by atoms with E-state index in [-0.39, 0.29) is 11.1 Å². The van der Waals surface area contributed by atoms with Gasteiger partial charge in [-0.2, -0.15) is 13.2 Å². The summed E-state index contributed by atoms with van der Waals surface area (Å²) in [5, 5.41) is 0. The molecule has 16 heavy (non-hydrogen) atoms. The van der Waals surface area contributed by atoms with E-state index >= 15 is 0 Å². The molecular formula is C12H22F3P. The van der Waals surface area contributed by atoms with E-state index in [0.29, 0.717) is 6.42 Å². The number of rotatable bonds is 5. The van der Waals surface area contributed by atoms with Gasteiger partial charge in [-0.05, 0) is 42.7 Å². The van der Waals surface area contributed by atoms with Gasteiger partial charge in [0.15, 0.2) is 0 Å². The molecule has 0 spiro atoms. The van der Waals surface area contributed by atoms with Crippen molar-refractivity contribution >= 4 is 9.24 Å². The van der Waals surface area contributed by atoms with Gasteiger partial charge in [0.2, 0.25) is 0 Å². The van der Waals surface area contributed by atoms with Crippen LogP contribution in [0.25, 0.3) is 0 Å². The third-order valence-electron chi connectivity index (χ3n) is 3.96. The molecule has 0 nitrogen and oxygen atoms in total. The van der Waals surface area contributed by atoms with Crippen LogP contribution in [0.1, 0.15) is 46.5 Å². The van der Waals surface area contributed by atoms with E-state index in [4.69, 9.17) is 0 Å². The molecule has 1 saturated carbocycles. The molecule has 96 valence electrons. The molecule has 0 bridgehead atoms. The molecule has 1 aliphatic carbocycles. The van der Waals surface area contributed by atoms with E-state index in [1.54, 1.807) is 0 Å². The van der Waals surface area contributed by atoms with E-state index in [0.717, 1.165) is 12.3 Å². The second-order valence-corrected chi connectivity index (χ2v) is 6.65. The third kappa shape index (κ3) is 3.91. The topological polar surface area (TPSA) is 0 Å². The Hall–Kier alpha value is 0.220. The highest BCUT2D eigenvalue weighted by Crippen LogP contribution is 2.48. The zero-order chi connectivity index (χ0) is 12.6. The maximum absolute atomic E-state index is 12.5. The van der Waals surface area contributed by atoms with Crippen LogP contribution >= 0.6 is 9.24 Å². The van der Waals surface area contributed by atoms with Crippen molar-refractivity contribution in [2.45, 2.75) is 58.3 Å². The van der Waals surface area contributed by atoms with Crippen LogP contribution in [0.15, 0.2) is 0 Å². The Bertz CT molecular complexity index is 231. The Labute approximate surface area is 98.6 Å². The van der Waals surface area contributed by atoms with E-state index in [1.165, 1.54) is 19.8 Å². The highest BCUT2D eigenvalue weighted by molar-refractivity contribution is 7.17. The van der Waals surface area contributed by atoms with Crippen LogP contribution in [0.2, 0.25) is 0 Å². The van der Waals surface area contributed by atoms with Crippen molar-refractivity contribution in [3.05, 3.63) is 0 Å². The number of hydrogen-bond donors (Lipinski definition) is 0.